The van der Waals surface area contributed by atoms with E-state index in [0.29, 0.717) is 23.1 Å². The van der Waals surface area contributed by atoms with Crippen LogP contribution in [-0.4, -0.2) is 86.8 Å². The lowest BCUT2D eigenvalue weighted by molar-refractivity contribution is -0.385. The summed E-state index contributed by atoms with van der Waals surface area (Å²) < 4.78 is 5.22. The number of phenolic OH excluding ortho intramolecular Hbond substituents is 1. The number of ether oxygens (including phenoxy) is 1. The fourth-order valence-corrected chi connectivity index (χ4v) is 6.80. The van der Waals surface area contributed by atoms with Crippen LogP contribution in [0.25, 0.3) is 11.1 Å². The Kier molecular flexibility index (Phi) is 13.5. The molecule has 57 heavy (non-hydrogen) atoms. The minimum atomic E-state index is -1.57. The molecule has 1 unspecified atom stereocenters. The first-order valence-corrected chi connectivity index (χ1v) is 18.2. The second-order valence-corrected chi connectivity index (χ2v) is 13.8. The highest BCUT2D eigenvalue weighted by Gasteiger charge is 2.39. The number of phenols is 1. The Morgan fingerprint density at radius 1 is 0.860 bits per heavy atom. The van der Waals surface area contributed by atoms with E-state index in [-0.39, 0.29) is 36.9 Å². The van der Waals surface area contributed by atoms with Crippen LogP contribution in [0, 0.1) is 24.0 Å². The smallest absolute Gasteiger partial charge is 0.339 e. The standard InChI is InChI=1S/C42H42N4O11/c1-25-8-6-9-26(2)39(25)42(54)57-24-36(48)31(23-38(50)51)44-40(52)34-12-7-19-45(34)41(53)32(20-27-13-16-30(17-14-27)29-10-4-3-5-11-29)43-37(49)22-28-15-18-33(46(55)56)35(47)21-28/h3-6,8-11,13-18,21,31-32,34,47H,7,12,19-20,22-24H2,1-2H3,(H,43,49)(H,44,52)(H,50,51)/t31-,32-,34?/m0/s1. The molecule has 3 atom stereocenters. The van der Waals surface area contributed by atoms with E-state index in [1.807, 2.05) is 54.6 Å². The van der Waals surface area contributed by atoms with E-state index in [2.05, 4.69) is 10.6 Å². The Bertz CT molecular complexity index is 2150. The molecule has 4 aromatic rings. The second kappa shape index (κ2) is 18.6. The van der Waals surface area contributed by atoms with E-state index in [1.54, 1.807) is 32.0 Å². The number of esters is 1. The summed E-state index contributed by atoms with van der Waals surface area (Å²) in [5.74, 6) is -5.69. The van der Waals surface area contributed by atoms with Gasteiger partial charge in [-0.15, -0.1) is 0 Å². The van der Waals surface area contributed by atoms with Crippen LogP contribution in [0.3, 0.4) is 0 Å². The minimum Gasteiger partial charge on any atom is -0.502 e. The number of benzene rings is 4. The lowest BCUT2D eigenvalue weighted by atomic mass is 9.99. The summed E-state index contributed by atoms with van der Waals surface area (Å²) in [6, 6.07) is 21.7. The van der Waals surface area contributed by atoms with E-state index in [9.17, 15) is 49.1 Å². The van der Waals surface area contributed by atoms with Gasteiger partial charge < -0.3 is 30.5 Å². The van der Waals surface area contributed by atoms with E-state index in [0.717, 1.165) is 23.3 Å². The summed E-state index contributed by atoms with van der Waals surface area (Å²) in [5, 5.41) is 36.0. The van der Waals surface area contributed by atoms with Crippen molar-refractivity contribution in [1.29, 1.82) is 0 Å². The van der Waals surface area contributed by atoms with E-state index >= 15 is 0 Å². The normalized spacial score (nSPS) is 14.6. The summed E-state index contributed by atoms with van der Waals surface area (Å²) in [4.78, 5) is 90.8. The zero-order valence-electron chi connectivity index (χ0n) is 31.3. The molecular formula is C42H42N4O11. The SMILES string of the molecule is Cc1cccc(C)c1C(=O)OCC(=O)[C@H](CC(=O)O)NC(=O)C1CCCN1C(=O)[C@H](Cc1ccc(-c2ccccc2)cc1)NC(=O)Cc1ccc([N+](=O)[O-])c(O)c1. The first-order valence-electron chi connectivity index (χ1n) is 18.2. The number of nitrogens with zero attached hydrogens (tertiary/aromatic N) is 2. The largest absolute Gasteiger partial charge is 0.502 e. The van der Waals surface area contributed by atoms with Crippen LogP contribution in [-0.2, 0) is 41.6 Å². The van der Waals surface area contributed by atoms with Crippen molar-refractivity contribution in [1.82, 2.24) is 15.5 Å². The molecule has 1 aliphatic heterocycles. The number of aliphatic carboxylic acids is 1. The molecular weight excluding hydrogens is 736 g/mol. The minimum absolute atomic E-state index is 0.0157. The average molecular weight is 779 g/mol. The molecule has 1 heterocycles. The number of amides is 3. The van der Waals surface area contributed by atoms with Crippen LogP contribution in [0.1, 0.15) is 51.9 Å². The third kappa shape index (κ3) is 10.7. The summed E-state index contributed by atoms with van der Waals surface area (Å²) >= 11 is 0. The van der Waals surface area contributed by atoms with E-state index in [4.69, 9.17) is 4.74 Å². The lowest BCUT2D eigenvalue weighted by Crippen LogP contribution is -2.56. The second-order valence-electron chi connectivity index (χ2n) is 13.8. The van der Waals surface area contributed by atoms with Gasteiger partial charge in [0, 0.05) is 19.0 Å². The van der Waals surface area contributed by atoms with Crippen molar-refractivity contribution in [3.8, 4) is 16.9 Å². The molecule has 5 rings (SSSR count). The number of nitro groups is 1. The Morgan fingerprint density at radius 2 is 1.51 bits per heavy atom. The number of nitro benzene ring substituents is 1. The number of nitrogens with one attached hydrogen (secondary N) is 2. The predicted octanol–water partition coefficient (Wildman–Crippen LogP) is 4.23. The molecule has 1 aliphatic rings. The van der Waals surface area contributed by atoms with Crippen molar-refractivity contribution in [3.05, 3.63) is 129 Å². The number of carboxylic acid groups (broad SMARTS) is 1. The van der Waals surface area contributed by atoms with Crippen LogP contribution in [0.4, 0.5) is 5.69 Å². The highest BCUT2D eigenvalue weighted by Crippen LogP contribution is 2.27. The van der Waals surface area contributed by atoms with Crippen LogP contribution in [0.5, 0.6) is 5.75 Å². The topological polar surface area (TPSA) is 223 Å². The van der Waals surface area contributed by atoms with Gasteiger partial charge in [0.15, 0.2) is 18.1 Å². The maximum absolute atomic E-state index is 14.3. The fraction of sp³-hybridized carbons (Fsp3) is 0.286. The molecule has 296 valence electrons. The molecule has 0 radical (unpaired) electrons. The van der Waals surface area contributed by atoms with Gasteiger partial charge in [-0.2, -0.15) is 0 Å². The zero-order chi connectivity index (χ0) is 41.2. The number of aromatic hydroxyl groups is 1. The molecule has 0 spiro atoms. The van der Waals surface area contributed by atoms with Gasteiger partial charge in [-0.3, -0.25) is 34.1 Å². The molecule has 4 N–H and O–H groups in total. The first kappa shape index (κ1) is 41.3. The number of likely N-dealkylation sites (tertiary alicyclic amines) is 1. The van der Waals surface area contributed by atoms with Gasteiger partial charge in [0.05, 0.1) is 23.3 Å². The molecule has 0 aromatic heterocycles. The summed E-state index contributed by atoms with van der Waals surface area (Å²) in [5.41, 5.74) is 3.81. The Hall–Kier alpha value is -6.90. The van der Waals surface area contributed by atoms with Crippen molar-refractivity contribution in [2.45, 2.75) is 64.1 Å². The third-order valence-electron chi connectivity index (χ3n) is 9.69. The highest BCUT2D eigenvalue weighted by atomic mass is 16.6. The van der Waals surface area contributed by atoms with Crippen LogP contribution < -0.4 is 10.6 Å². The monoisotopic (exact) mass is 778 g/mol. The van der Waals surface area contributed by atoms with Gasteiger partial charge in [-0.1, -0.05) is 78.9 Å². The molecule has 4 aromatic carbocycles. The van der Waals surface area contributed by atoms with Crippen LogP contribution >= 0.6 is 0 Å². The van der Waals surface area contributed by atoms with Crippen molar-refractivity contribution in [2.75, 3.05) is 13.2 Å². The number of Topliss-reactive ketones (excluding diaryl/α,β-unsaturated/α-hetero) is 1. The van der Waals surface area contributed by atoms with Gasteiger partial charge in [0.25, 0.3) is 0 Å². The predicted molar refractivity (Wildman–Crippen MR) is 206 cm³/mol. The number of rotatable bonds is 16. The number of aryl methyl sites for hydroxylation is 2. The number of carboxylic acids is 1. The van der Waals surface area contributed by atoms with Crippen LogP contribution in [0.15, 0.2) is 91.0 Å². The number of carbonyl (C=O) groups is 6. The van der Waals surface area contributed by atoms with Crippen molar-refractivity contribution < 1.29 is 48.6 Å². The quantitative estimate of drug-likeness (QED) is 0.0716. The molecule has 0 bridgehead atoms. The zero-order valence-corrected chi connectivity index (χ0v) is 31.3. The van der Waals surface area contributed by atoms with Gasteiger partial charge in [0.1, 0.15) is 18.1 Å². The molecule has 15 heteroatoms. The third-order valence-corrected chi connectivity index (χ3v) is 9.69. The van der Waals surface area contributed by atoms with Crippen molar-refractivity contribution in [3.63, 3.8) is 0 Å². The number of hydrogen-bond acceptors (Lipinski definition) is 10. The summed E-state index contributed by atoms with van der Waals surface area (Å²) in [7, 11) is 0. The van der Waals surface area contributed by atoms with E-state index in [1.165, 1.54) is 11.0 Å². The molecule has 0 saturated carbocycles. The van der Waals surface area contributed by atoms with Crippen molar-refractivity contribution in [2.24, 2.45) is 0 Å². The number of ketones is 1. The number of hydrogen-bond donors (Lipinski definition) is 4. The van der Waals surface area contributed by atoms with Crippen molar-refractivity contribution >= 4 is 41.1 Å². The number of carbonyl (C=O) groups excluding carboxylic acids is 5. The molecule has 3 amide bonds. The van der Waals surface area contributed by atoms with Gasteiger partial charge in [-0.05, 0) is 66.1 Å². The summed E-state index contributed by atoms with van der Waals surface area (Å²) in [6.07, 6.45) is -0.548. The molecule has 1 fully saturated rings. The molecule has 1 saturated heterocycles. The maximum Gasteiger partial charge on any atom is 0.339 e. The fourth-order valence-electron chi connectivity index (χ4n) is 6.80. The Morgan fingerprint density at radius 3 is 2.14 bits per heavy atom. The van der Waals surface area contributed by atoms with Gasteiger partial charge >= 0.3 is 17.6 Å². The maximum atomic E-state index is 14.3. The van der Waals surface area contributed by atoms with Gasteiger partial charge in [0.2, 0.25) is 17.7 Å². The highest BCUT2D eigenvalue weighted by molar-refractivity contribution is 5.98. The first-order chi connectivity index (χ1) is 27.2. The summed E-state index contributed by atoms with van der Waals surface area (Å²) in [6.45, 7) is 2.73. The Labute approximate surface area is 327 Å². The van der Waals surface area contributed by atoms with E-state index < -0.39 is 83.0 Å². The Balaban J connectivity index is 1.32. The molecule has 0 aliphatic carbocycles. The molecule has 15 nitrogen and oxygen atoms in total. The van der Waals surface area contributed by atoms with Crippen LogP contribution in [0.2, 0.25) is 0 Å². The lowest BCUT2D eigenvalue weighted by Gasteiger charge is -2.30. The van der Waals surface area contributed by atoms with Gasteiger partial charge in [-0.25, -0.2) is 4.79 Å². The average Bonchev–Trinajstić information content (AvgIpc) is 3.67.